The summed E-state index contributed by atoms with van der Waals surface area (Å²) in [4.78, 5) is 26.3. The van der Waals surface area contributed by atoms with Crippen molar-refractivity contribution >= 4 is 11.7 Å². The van der Waals surface area contributed by atoms with Gasteiger partial charge in [0, 0.05) is 17.9 Å². The van der Waals surface area contributed by atoms with Crippen LogP contribution in [0.5, 0.6) is 0 Å². The Balaban J connectivity index is 3.10. The standard InChI is InChI=1S/C9H11N3O2/c1-9(11,8(10)14)7(13)6-2-4-12-5-3-6/h2-5H,11H2,1H3,(H2,10,14)/t9-/m1/s1/i4D. The Morgan fingerprint density at radius 2 is 2.21 bits per heavy atom. The van der Waals surface area contributed by atoms with Crippen molar-refractivity contribution < 1.29 is 11.0 Å². The van der Waals surface area contributed by atoms with Crippen molar-refractivity contribution in [1.29, 1.82) is 0 Å². The molecule has 14 heavy (non-hydrogen) atoms. The van der Waals surface area contributed by atoms with Gasteiger partial charge < -0.3 is 11.5 Å². The van der Waals surface area contributed by atoms with Crippen molar-refractivity contribution in [2.24, 2.45) is 11.5 Å². The van der Waals surface area contributed by atoms with Gasteiger partial charge in [-0.05, 0) is 19.1 Å². The van der Waals surface area contributed by atoms with E-state index in [1.54, 1.807) is 0 Å². The predicted molar refractivity (Wildman–Crippen MR) is 50.4 cm³/mol. The lowest BCUT2D eigenvalue weighted by Gasteiger charge is -2.18. The fraction of sp³-hybridized carbons (Fsp3) is 0.222. The second kappa shape index (κ2) is 3.55. The molecule has 0 radical (unpaired) electrons. The Morgan fingerprint density at radius 1 is 1.57 bits per heavy atom. The number of Topliss-reactive ketones (excluding diaryl/α,β-unsaturated/α-hetero) is 1. The molecule has 0 spiro atoms. The van der Waals surface area contributed by atoms with Crippen molar-refractivity contribution in [2.45, 2.75) is 12.5 Å². The number of hydrogen-bond acceptors (Lipinski definition) is 4. The van der Waals surface area contributed by atoms with Crippen LogP contribution in [-0.2, 0) is 4.79 Å². The summed E-state index contributed by atoms with van der Waals surface area (Å²) in [5.41, 5.74) is 8.87. The number of amides is 1. The fourth-order valence-electron chi connectivity index (χ4n) is 0.868. The van der Waals surface area contributed by atoms with E-state index in [1.165, 1.54) is 25.3 Å². The summed E-state index contributed by atoms with van der Waals surface area (Å²) in [5, 5.41) is 0. The minimum Gasteiger partial charge on any atom is -0.368 e. The second-order valence-corrected chi connectivity index (χ2v) is 3.07. The van der Waals surface area contributed by atoms with Gasteiger partial charge in [-0.15, -0.1) is 0 Å². The lowest BCUT2D eigenvalue weighted by Crippen LogP contribution is -2.55. The molecular formula is C9H11N3O2. The van der Waals surface area contributed by atoms with Gasteiger partial charge in [-0.2, -0.15) is 0 Å². The molecule has 1 aromatic heterocycles. The molecule has 0 saturated carbocycles. The van der Waals surface area contributed by atoms with Gasteiger partial charge in [0.2, 0.25) is 5.91 Å². The van der Waals surface area contributed by atoms with Crippen LogP contribution in [0.3, 0.4) is 0 Å². The molecule has 0 fully saturated rings. The highest BCUT2D eigenvalue weighted by Gasteiger charge is 2.35. The molecule has 0 saturated heterocycles. The minimum absolute atomic E-state index is 0.0684. The Morgan fingerprint density at radius 3 is 2.71 bits per heavy atom. The SMILES string of the molecule is [2H]c1cc(C(=O)[C@@](C)(N)C(N)=O)ccn1. The number of nitrogens with zero attached hydrogens (tertiary/aromatic N) is 1. The largest absolute Gasteiger partial charge is 0.368 e. The van der Waals surface area contributed by atoms with Crippen LogP contribution in [-0.4, -0.2) is 22.2 Å². The second-order valence-electron chi connectivity index (χ2n) is 3.07. The monoisotopic (exact) mass is 194 g/mol. The van der Waals surface area contributed by atoms with Gasteiger partial charge in [0.1, 0.15) is 0 Å². The normalized spacial score (nSPS) is 15.4. The van der Waals surface area contributed by atoms with Crippen molar-refractivity contribution in [3.63, 3.8) is 0 Å². The maximum absolute atomic E-state index is 11.7. The summed E-state index contributed by atoms with van der Waals surface area (Å²) in [7, 11) is 0. The van der Waals surface area contributed by atoms with E-state index in [0.29, 0.717) is 0 Å². The minimum atomic E-state index is -1.76. The zero-order valence-electron chi connectivity index (χ0n) is 8.65. The van der Waals surface area contributed by atoms with Gasteiger partial charge in [-0.1, -0.05) is 0 Å². The molecule has 1 heterocycles. The summed E-state index contributed by atoms with van der Waals surface area (Å²) in [5.74, 6) is -1.53. The molecule has 5 heteroatoms. The van der Waals surface area contributed by atoms with E-state index in [-0.39, 0.29) is 11.7 Å². The van der Waals surface area contributed by atoms with E-state index in [4.69, 9.17) is 12.8 Å². The number of nitrogens with two attached hydrogens (primary N) is 2. The smallest absolute Gasteiger partial charge is 0.245 e. The first kappa shape index (κ1) is 8.83. The summed E-state index contributed by atoms with van der Waals surface area (Å²) >= 11 is 0. The molecule has 0 unspecified atom stereocenters. The zero-order chi connectivity index (χ0) is 11.6. The van der Waals surface area contributed by atoms with Crippen LogP contribution in [0.2, 0.25) is 0 Å². The summed E-state index contributed by atoms with van der Waals surface area (Å²) in [6.07, 6.45) is 1.23. The van der Waals surface area contributed by atoms with Gasteiger partial charge in [0.15, 0.2) is 11.3 Å². The van der Waals surface area contributed by atoms with Crippen LogP contribution in [0.1, 0.15) is 18.7 Å². The number of pyridine rings is 1. The van der Waals surface area contributed by atoms with E-state index >= 15 is 0 Å². The van der Waals surface area contributed by atoms with Crippen LogP contribution in [0, 0.1) is 0 Å². The highest BCUT2D eigenvalue weighted by atomic mass is 16.2. The molecule has 0 aliphatic heterocycles. The predicted octanol–water partition coefficient (Wildman–Crippen LogP) is -0.533. The van der Waals surface area contributed by atoms with Crippen molar-refractivity contribution in [2.75, 3.05) is 0 Å². The Kier molecular flexibility index (Phi) is 2.24. The van der Waals surface area contributed by atoms with E-state index in [0.717, 1.165) is 0 Å². The molecule has 0 aliphatic rings. The Bertz CT molecular complexity index is 418. The van der Waals surface area contributed by atoms with Crippen molar-refractivity contribution in [1.82, 2.24) is 4.98 Å². The third-order valence-electron chi connectivity index (χ3n) is 1.87. The van der Waals surface area contributed by atoms with Gasteiger partial charge in [0.25, 0.3) is 0 Å². The zero-order valence-corrected chi connectivity index (χ0v) is 7.65. The van der Waals surface area contributed by atoms with Crippen LogP contribution in [0.4, 0.5) is 0 Å². The molecule has 74 valence electrons. The first-order chi connectivity index (χ1) is 6.85. The first-order valence-electron chi connectivity index (χ1n) is 4.42. The van der Waals surface area contributed by atoms with Crippen LogP contribution >= 0.6 is 0 Å². The lowest BCUT2D eigenvalue weighted by atomic mass is 9.92. The quantitative estimate of drug-likeness (QED) is 0.499. The maximum atomic E-state index is 11.7. The Hall–Kier alpha value is -1.75. The summed E-state index contributed by atoms with van der Waals surface area (Å²) in [6.45, 7) is 1.24. The highest BCUT2D eigenvalue weighted by molar-refractivity contribution is 6.16. The fourth-order valence-corrected chi connectivity index (χ4v) is 0.868. The van der Waals surface area contributed by atoms with Gasteiger partial charge >= 0.3 is 0 Å². The highest BCUT2D eigenvalue weighted by Crippen LogP contribution is 2.09. The average Bonchev–Trinajstić information content (AvgIpc) is 2.16. The van der Waals surface area contributed by atoms with E-state index in [1.807, 2.05) is 0 Å². The van der Waals surface area contributed by atoms with Crippen molar-refractivity contribution in [3.8, 4) is 0 Å². The van der Waals surface area contributed by atoms with E-state index < -0.39 is 17.2 Å². The van der Waals surface area contributed by atoms with E-state index in [9.17, 15) is 9.59 Å². The number of primary amides is 1. The maximum Gasteiger partial charge on any atom is 0.245 e. The molecule has 1 amide bonds. The molecule has 1 atom stereocenters. The molecule has 0 aromatic carbocycles. The summed E-state index contributed by atoms with van der Waals surface area (Å²) in [6, 6.07) is 2.62. The molecular weight excluding hydrogens is 182 g/mol. The average molecular weight is 194 g/mol. The third kappa shape index (κ3) is 1.77. The topological polar surface area (TPSA) is 99.1 Å². The number of rotatable bonds is 3. The summed E-state index contributed by atoms with van der Waals surface area (Å²) < 4.78 is 7.22. The molecule has 4 N–H and O–H groups in total. The van der Waals surface area contributed by atoms with Crippen LogP contribution < -0.4 is 11.5 Å². The van der Waals surface area contributed by atoms with Gasteiger partial charge in [0.05, 0.1) is 1.37 Å². The van der Waals surface area contributed by atoms with Gasteiger partial charge in [-0.25, -0.2) is 0 Å². The van der Waals surface area contributed by atoms with Gasteiger partial charge in [-0.3, -0.25) is 14.6 Å². The molecule has 5 nitrogen and oxygen atoms in total. The van der Waals surface area contributed by atoms with Crippen LogP contribution in [0.15, 0.2) is 24.5 Å². The molecule has 1 aromatic rings. The number of hydrogen-bond donors (Lipinski definition) is 2. The number of ketones is 1. The number of aromatic nitrogens is 1. The number of carbonyl (C=O) groups excluding carboxylic acids is 2. The molecule has 0 aliphatic carbocycles. The van der Waals surface area contributed by atoms with Crippen molar-refractivity contribution in [3.05, 3.63) is 30.1 Å². The molecule has 1 rings (SSSR count). The number of carbonyl (C=O) groups is 2. The van der Waals surface area contributed by atoms with Crippen LogP contribution in [0.25, 0.3) is 0 Å². The first-order valence-corrected chi connectivity index (χ1v) is 3.92. The third-order valence-corrected chi connectivity index (χ3v) is 1.87. The lowest BCUT2D eigenvalue weighted by molar-refractivity contribution is -0.121. The van der Waals surface area contributed by atoms with E-state index in [2.05, 4.69) is 4.98 Å². The molecule has 0 bridgehead atoms. The Labute approximate surface area is 82.5 Å².